The lowest BCUT2D eigenvalue weighted by Crippen LogP contribution is -2.21. The molecule has 0 aromatic heterocycles. The summed E-state index contributed by atoms with van der Waals surface area (Å²) in [6, 6.07) is 6.72. The van der Waals surface area contributed by atoms with Crippen molar-refractivity contribution in [3.8, 4) is 5.75 Å². The van der Waals surface area contributed by atoms with Crippen LogP contribution in [0.3, 0.4) is 0 Å². The largest absolute Gasteiger partial charge is 0.495 e. The molecule has 0 saturated carbocycles. The summed E-state index contributed by atoms with van der Waals surface area (Å²) < 4.78 is 22.8. The molecule has 2 aromatic carbocycles. The summed E-state index contributed by atoms with van der Waals surface area (Å²) in [5.74, 6) is -2.11. The van der Waals surface area contributed by atoms with Crippen molar-refractivity contribution in [2.75, 3.05) is 19.0 Å². The number of hydrogen-bond donors (Lipinski definition) is 1. The highest BCUT2D eigenvalue weighted by molar-refractivity contribution is 6.33. The molecule has 2 rings (SSSR count). The summed E-state index contributed by atoms with van der Waals surface area (Å²) in [5.41, 5.74) is -0.312. The Hall–Kier alpha value is -3.20. The van der Waals surface area contributed by atoms with Crippen molar-refractivity contribution in [1.29, 1.82) is 0 Å². The Balaban J connectivity index is 2.03. The molecule has 0 atom stereocenters. The van der Waals surface area contributed by atoms with E-state index in [-0.39, 0.29) is 27.7 Å². The van der Waals surface area contributed by atoms with E-state index < -0.39 is 29.2 Å². The van der Waals surface area contributed by atoms with Gasteiger partial charge in [0.25, 0.3) is 11.6 Å². The molecular weight excluding hydrogens is 371 g/mol. The number of esters is 1. The molecule has 0 aliphatic carbocycles. The van der Waals surface area contributed by atoms with Gasteiger partial charge in [-0.3, -0.25) is 14.9 Å². The Labute approximate surface area is 151 Å². The van der Waals surface area contributed by atoms with Crippen LogP contribution >= 0.6 is 11.6 Å². The van der Waals surface area contributed by atoms with Gasteiger partial charge in [-0.25, -0.2) is 9.18 Å². The third-order valence-electron chi connectivity index (χ3n) is 3.15. The van der Waals surface area contributed by atoms with E-state index >= 15 is 0 Å². The van der Waals surface area contributed by atoms with E-state index in [1.807, 2.05) is 0 Å². The van der Waals surface area contributed by atoms with Gasteiger partial charge in [0.15, 0.2) is 6.61 Å². The zero-order valence-corrected chi connectivity index (χ0v) is 14.1. The fourth-order valence-electron chi connectivity index (χ4n) is 1.96. The van der Waals surface area contributed by atoms with Crippen LogP contribution in [0.2, 0.25) is 5.02 Å². The molecule has 0 aliphatic heterocycles. The number of amides is 1. The number of hydrogen-bond acceptors (Lipinski definition) is 6. The Morgan fingerprint density at radius 3 is 2.62 bits per heavy atom. The van der Waals surface area contributed by atoms with Crippen LogP contribution in [0.4, 0.5) is 15.8 Å². The van der Waals surface area contributed by atoms with E-state index in [1.165, 1.54) is 19.2 Å². The molecule has 26 heavy (non-hydrogen) atoms. The number of halogens is 2. The average Bonchev–Trinajstić information content (AvgIpc) is 2.59. The van der Waals surface area contributed by atoms with E-state index in [2.05, 4.69) is 5.32 Å². The Kier molecular flexibility index (Phi) is 6.07. The van der Waals surface area contributed by atoms with E-state index in [9.17, 15) is 24.1 Å². The van der Waals surface area contributed by atoms with Crippen molar-refractivity contribution in [2.24, 2.45) is 0 Å². The first-order valence-electron chi connectivity index (χ1n) is 7.06. The van der Waals surface area contributed by atoms with Crippen LogP contribution in [0.15, 0.2) is 36.4 Å². The highest BCUT2D eigenvalue weighted by atomic mass is 35.5. The molecule has 1 N–H and O–H groups in total. The molecule has 2 aromatic rings. The fraction of sp³-hybridized carbons (Fsp3) is 0.125. The maximum atomic E-state index is 13.0. The van der Waals surface area contributed by atoms with Gasteiger partial charge in [0, 0.05) is 12.1 Å². The fourth-order valence-corrected chi connectivity index (χ4v) is 2.20. The molecule has 8 nitrogen and oxygen atoms in total. The molecule has 1 amide bonds. The van der Waals surface area contributed by atoms with Gasteiger partial charge in [-0.15, -0.1) is 0 Å². The van der Waals surface area contributed by atoms with E-state index in [1.54, 1.807) is 0 Å². The normalized spacial score (nSPS) is 10.1. The molecule has 0 aliphatic rings. The first kappa shape index (κ1) is 19.1. The highest BCUT2D eigenvalue weighted by Crippen LogP contribution is 2.28. The summed E-state index contributed by atoms with van der Waals surface area (Å²) in [4.78, 5) is 34.0. The Bertz CT molecular complexity index is 874. The number of nitro groups is 1. The second-order valence-electron chi connectivity index (χ2n) is 4.89. The van der Waals surface area contributed by atoms with E-state index in [0.717, 1.165) is 24.3 Å². The summed E-state index contributed by atoms with van der Waals surface area (Å²) in [6.45, 7) is -0.682. The third-order valence-corrected chi connectivity index (χ3v) is 3.47. The number of carbonyl (C=O) groups excluding carboxylic acids is 2. The van der Waals surface area contributed by atoms with Crippen LogP contribution < -0.4 is 10.1 Å². The van der Waals surface area contributed by atoms with Gasteiger partial charge in [0.1, 0.15) is 11.6 Å². The molecule has 0 saturated heterocycles. The SMILES string of the molecule is COc1ccc([N+](=O)[O-])cc1NC(=O)COC(=O)c1ccc(F)cc1Cl. The number of methoxy groups -OCH3 is 1. The summed E-state index contributed by atoms with van der Waals surface area (Å²) in [5, 5.41) is 13.0. The minimum absolute atomic E-state index is 0.0440. The number of nitro benzene ring substituents is 1. The first-order chi connectivity index (χ1) is 12.3. The van der Waals surface area contributed by atoms with Crippen LogP contribution in [-0.4, -0.2) is 30.5 Å². The average molecular weight is 383 g/mol. The molecule has 0 spiro atoms. The lowest BCUT2D eigenvalue weighted by atomic mass is 10.2. The van der Waals surface area contributed by atoms with Crippen LogP contribution in [-0.2, 0) is 9.53 Å². The van der Waals surface area contributed by atoms with Crippen molar-refractivity contribution in [2.45, 2.75) is 0 Å². The third kappa shape index (κ3) is 4.67. The Morgan fingerprint density at radius 1 is 1.27 bits per heavy atom. The number of nitrogens with zero attached hydrogens (tertiary/aromatic N) is 1. The second kappa shape index (κ2) is 8.26. The molecule has 10 heteroatoms. The topological polar surface area (TPSA) is 108 Å². The van der Waals surface area contributed by atoms with Gasteiger partial charge in [-0.1, -0.05) is 11.6 Å². The second-order valence-corrected chi connectivity index (χ2v) is 5.30. The summed E-state index contributed by atoms with van der Waals surface area (Å²) >= 11 is 5.73. The number of carbonyl (C=O) groups is 2. The number of anilines is 1. The molecule has 136 valence electrons. The summed E-state index contributed by atoms with van der Waals surface area (Å²) in [7, 11) is 1.33. The molecular formula is C16H12ClFN2O6. The lowest BCUT2D eigenvalue weighted by molar-refractivity contribution is -0.384. The minimum atomic E-state index is -0.920. The zero-order valence-electron chi connectivity index (χ0n) is 13.3. The van der Waals surface area contributed by atoms with Crippen LogP contribution in [0.5, 0.6) is 5.75 Å². The first-order valence-corrected chi connectivity index (χ1v) is 7.44. The summed E-state index contributed by atoms with van der Waals surface area (Å²) in [6.07, 6.45) is 0. The minimum Gasteiger partial charge on any atom is -0.495 e. The van der Waals surface area contributed by atoms with Crippen LogP contribution in [0.25, 0.3) is 0 Å². The maximum absolute atomic E-state index is 13.0. The van der Waals surface area contributed by atoms with Crippen molar-refractivity contribution in [3.05, 3.63) is 62.9 Å². The van der Waals surface area contributed by atoms with Gasteiger partial charge in [-0.2, -0.15) is 0 Å². The van der Waals surface area contributed by atoms with Gasteiger partial charge in [0.2, 0.25) is 0 Å². The zero-order chi connectivity index (χ0) is 19.3. The Morgan fingerprint density at radius 2 is 2.00 bits per heavy atom. The van der Waals surface area contributed by atoms with Gasteiger partial charge >= 0.3 is 5.97 Å². The number of rotatable bonds is 6. The predicted octanol–water partition coefficient (Wildman–Crippen LogP) is 3.19. The highest BCUT2D eigenvalue weighted by Gasteiger charge is 2.17. The number of benzene rings is 2. The van der Waals surface area contributed by atoms with Gasteiger partial charge in [-0.05, 0) is 24.3 Å². The standard InChI is InChI=1S/C16H12ClFN2O6/c1-25-14-5-3-10(20(23)24)7-13(14)19-15(21)8-26-16(22)11-4-2-9(18)6-12(11)17/h2-7H,8H2,1H3,(H,19,21). The number of nitrogens with one attached hydrogen (secondary N) is 1. The van der Waals surface area contributed by atoms with Crippen LogP contribution in [0, 0.1) is 15.9 Å². The number of ether oxygens (including phenoxy) is 2. The maximum Gasteiger partial charge on any atom is 0.340 e. The number of non-ortho nitro benzene ring substituents is 1. The van der Waals surface area contributed by atoms with Crippen LogP contribution in [0.1, 0.15) is 10.4 Å². The van der Waals surface area contributed by atoms with E-state index in [0.29, 0.717) is 0 Å². The molecule has 0 unspecified atom stereocenters. The molecule has 0 bridgehead atoms. The van der Waals surface area contributed by atoms with Crippen molar-refractivity contribution in [1.82, 2.24) is 0 Å². The van der Waals surface area contributed by atoms with Gasteiger partial charge < -0.3 is 14.8 Å². The van der Waals surface area contributed by atoms with Crippen molar-refractivity contribution >= 4 is 34.9 Å². The van der Waals surface area contributed by atoms with Crippen molar-refractivity contribution in [3.63, 3.8) is 0 Å². The van der Waals surface area contributed by atoms with E-state index in [4.69, 9.17) is 21.1 Å². The lowest BCUT2D eigenvalue weighted by Gasteiger charge is -2.10. The van der Waals surface area contributed by atoms with Gasteiger partial charge in [0.05, 0.1) is 28.3 Å². The molecule has 0 heterocycles. The molecule has 0 fully saturated rings. The molecule has 0 radical (unpaired) electrons. The van der Waals surface area contributed by atoms with Crippen molar-refractivity contribution < 1.29 is 28.4 Å². The smallest absolute Gasteiger partial charge is 0.340 e. The quantitative estimate of drug-likeness (QED) is 0.467. The predicted molar refractivity (Wildman–Crippen MR) is 90.0 cm³/mol. The monoisotopic (exact) mass is 382 g/mol.